The highest BCUT2D eigenvalue weighted by molar-refractivity contribution is 7.10. The van der Waals surface area contributed by atoms with Crippen molar-refractivity contribution in [1.29, 1.82) is 0 Å². The molecule has 1 heterocycles. The van der Waals surface area contributed by atoms with Crippen LogP contribution in [-0.4, -0.2) is 17.4 Å². The van der Waals surface area contributed by atoms with Crippen LogP contribution in [-0.2, 0) is 11.2 Å². The fraction of sp³-hybridized carbons (Fsp3) is 0.190. The van der Waals surface area contributed by atoms with Crippen LogP contribution in [0.2, 0.25) is 0 Å². The number of hydrogen-bond acceptors (Lipinski definition) is 5. The van der Waals surface area contributed by atoms with E-state index in [9.17, 15) is 14.9 Å². The van der Waals surface area contributed by atoms with Crippen LogP contribution < -0.4 is 10.6 Å². The molecule has 0 aliphatic carbocycles. The van der Waals surface area contributed by atoms with Crippen molar-refractivity contribution in [3.63, 3.8) is 0 Å². The fourth-order valence-corrected chi connectivity index (χ4v) is 3.71. The number of anilines is 1. The van der Waals surface area contributed by atoms with Crippen molar-refractivity contribution in [2.24, 2.45) is 0 Å². The number of nitrogens with zero attached hydrogens (tertiary/aromatic N) is 1. The molecule has 0 bridgehead atoms. The van der Waals surface area contributed by atoms with E-state index in [1.54, 1.807) is 23.5 Å². The summed E-state index contributed by atoms with van der Waals surface area (Å²) in [6.07, 6.45) is 0.975. The summed E-state index contributed by atoms with van der Waals surface area (Å²) >= 11 is 1.63. The van der Waals surface area contributed by atoms with Crippen LogP contribution in [0.3, 0.4) is 0 Å². The third-order valence-corrected chi connectivity index (χ3v) is 5.29. The zero-order valence-electron chi connectivity index (χ0n) is 15.4. The van der Waals surface area contributed by atoms with Crippen molar-refractivity contribution in [2.75, 3.05) is 11.9 Å². The first-order chi connectivity index (χ1) is 13.6. The number of hydrogen-bond donors (Lipinski definition) is 2. The van der Waals surface area contributed by atoms with Crippen molar-refractivity contribution in [3.8, 4) is 0 Å². The van der Waals surface area contributed by atoms with Gasteiger partial charge in [0.15, 0.2) is 0 Å². The maximum absolute atomic E-state index is 12.4. The second kappa shape index (κ2) is 9.25. The zero-order valence-corrected chi connectivity index (χ0v) is 16.2. The molecule has 3 rings (SSSR count). The highest BCUT2D eigenvalue weighted by atomic mass is 32.1. The van der Waals surface area contributed by atoms with Gasteiger partial charge in [0, 0.05) is 22.7 Å². The average molecular weight is 395 g/mol. The molecular formula is C21H21N3O3S. The first kappa shape index (κ1) is 19.7. The molecule has 1 atom stereocenters. The smallest absolute Gasteiger partial charge is 0.271 e. The SMILES string of the molecule is CCc1ccc([C@H](NCC(=O)Nc2cccc([N+](=O)[O-])c2)c2cccs2)cc1. The molecule has 1 amide bonds. The minimum absolute atomic E-state index is 0.0572. The molecule has 3 aromatic rings. The van der Waals surface area contributed by atoms with Gasteiger partial charge < -0.3 is 5.32 Å². The maximum Gasteiger partial charge on any atom is 0.271 e. The average Bonchev–Trinajstić information content (AvgIpc) is 3.23. The molecule has 0 spiro atoms. The summed E-state index contributed by atoms with van der Waals surface area (Å²) in [6.45, 7) is 2.20. The van der Waals surface area contributed by atoms with Gasteiger partial charge in [0.05, 0.1) is 17.5 Å². The van der Waals surface area contributed by atoms with E-state index in [0.29, 0.717) is 5.69 Å². The quantitative estimate of drug-likeness (QED) is 0.433. The fourth-order valence-electron chi connectivity index (χ4n) is 2.88. The highest BCUT2D eigenvalue weighted by Crippen LogP contribution is 2.26. The van der Waals surface area contributed by atoms with E-state index in [4.69, 9.17) is 0 Å². The number of rotatable bonds is 8. The van der Waals surface area contributed by atoms with Crippen molar-refractivity contribution < 1.29 is 9.72 Å². The van der Waals surface area contributed by atoms with E-state index in [1.807, 2.05) is 17.5 Å². The molecule has 1 aromatic heterocycles. The third kappa shape index (κ3) is 5.03. The Kier molecular flexibility index (Phi) is 6.52. The monoisotopic (exact) mass is 395 g/mol. The second-order valence-electron chi connectivity index (χ2n) is 6.28. The summed E-state index contributed by atoms with van der Waals surface area (Å²) in [6, 6.07) is 18.2. The minimum atomic E-state index is -0.485. The van der Waals surface area contributed by atoms with Crippen molar-refractivity contribution in [3.05, 3.63) is 92.2 Å². The molecule has 0 saturated heterocycles. The molecule has 0 aliphatic heterocycles. The van der Waals surface area contributed by atoms with Gasteiger partial charge in [-0.3, -0.25) is 20.2 Å². The first-order valence-electron chi connectivity index (χ1n) is 8.96. The Labute approximate surface area is 167 Å². The lowest BCUT2D eigenvalue weighted by atomic mass is 10.0. The lowest BCUT2D eigenvalue weighted by Gasteiger charge is -2.18. The first-order valence-corrected chi connectivity index (χ1v) is 9.84. The number of amides is 1. The molecular weight excluding hydrogens is 374 g/mol. The predicted molar refractivity (Wildman–Crippen MR) is 112 cm³/mol. The molecule has 7 heteroatoms. The molecule has 0 fully saturated rings. The van der Waals surface area contributed by atoms with Crippen molar-refractivity contribution >= 4 is 28.6 Å². The van der Waals surface area contributed by atoms with Crippen LogP contribution in [0.5, 0.6) is 0 Å². The van der Waals surface area contributed by atoms with Gasteiger partial charge >= 0.3 is 0 Å². The number of nitrogens with one attached hydrogen (secondary N) is 2. The van der Waals surface area contributed by atoms with Gasteiger partial charge in [0.1, 0.15) is 0 Å². The molecule has 6 nitrogen and oxygen atoms in total. The number of benzene rings is 2. The molecule has 0 unspecified atom stereocenters. The van der Waals surface area contributed by atoms with E-state index in [0.717, 1.165) is 16.9 Å². The molecule has 28 heavy (non-hydrogen) atoms. The van der Waals surface area contributed by atoms with Gasteiger partial charge in [-0.05, 0) is 35.1 Å². The molecule has 0 radical (unpaired) electrons. The predicted octanol–water partition coefficient (Wildman–Crippen LogP) is 4.54. The third-order valence-electron chi connectivity index (χ3n) is 4.36. The Morgan fingerprint density at radius 1 is 1.14 bits per heavy atom. The molecule has 0 saturated carbocycles. The number of thiophene rings is 1. The lowest BCUT2D eigenvalue weighted by Crippen LogP contribution is -2.31. The number of nitro groups is 1. The molecule has 144 valence electrons. The van der Waals surface area contributed by atoms with Crippen LogP contribution in [0, 0.1) is 10.1 Å². The minimum Gasteiger partial charge on any atom is -0.325 e. The Morgan fingerprint density at radius 2 is 1.93 bits per heavy atom. The molecule has 0 aliphatic rings. The molecule has 2 N–H and O–H groups in total. The van der Waals surface area contributed by atoms with Crippen molar-refractivity contribution in [2.45, 2.75) is 19.4 Å². The Bertz CT molecular complexity index is 940. The Balaban J connectivity index is 1.68. The summed E-state index contributed by atoms with van der Waals surface area (Å²) in [5.41, 5.74) is 2.69. The summed E-state index contributed by atoms with van der Waals surface area (Å²) < 4.78 is 0. The second-order valence-corrected chi connectivity index (χ2v) is 7.26. The normalized spacial score (nSPS) is 11.8. The van der Waals surface area contributed by atoms with Crippen LogP contribution in [0.4, 0.5) is 11.4 Å². The zero-order chi connectivity index (χ0) is 19.9. The standard InChI is InChI=1S/C21H21N3O3S/c1-2-15-8-10-16(11-9-15)21(19-7-4-12-28-19)22-14-20(25)23-17-5-3-6-18(13-17)24(26)27/h3-13,21-22H,2,14H2,1H3,(H,23,25)/t21-/m0/s1. The van der Waals surface area contributed by atoms with Crippen molar-refractivity contribution in [1.82, 2.24) is 5.32 Å². The Hall–Kier alpha value is -3.03. The van der Waals surface area contributed by atoms with Gasteiger partial charge in [0.25, 0.3) is 5.69 Å². The summed E-state index contributed by atoms with van der Waals surface area (Å²) in [4.78, 5) is 23.9. The van der Waals surface area contributed by atoms with E-state index in [-0.39, 0.29) is 24.2 Å². The summed E-state index contributed by atoms with van der Waals surface area (Å²) in [7, 11) is 0. The largest absolute Gasteiger partial charge is 0.325 e. The highest BCUT2D eigenvalue weighted by Gasteiger charge is 2.16. The molecule has 2 aromatic carbocycles. The summed E-state index contributed by atoms with van der Waals surface area (Å²) in [5.74, 6) is -0.257. The topological polar surface area (TPSA) is 84.3 Å². The van der Waals surface area contributed by atoms with E-state index in [2.05, 4.69) is 41.8 Å². The van der Waals surface area contributed by atoms with Crippen LogP contribution in [0.1, 0.15) is 29.0 Å². The Morgan fingerprint density at radius 3 is 2.57 bits per heavy atom. The van der Waals surface area contributed by atoms with E-state index in [1.165, 1.54) is 17.7 Å². The number of carbonyl (C=O) groups excluding carboxylic acids is 1. The van der Waals surface area contributed by atoms with Gasteiger partial charge in [-0.2, -0.15) is 0 Å². The van der Waals surface area contributed by atoms with Crippen LogP contribution in [0.25, 0.3) is 0 Å². The van der Waals surface area contributed by atoms with Gasteiger partial charge in [-0.25, -0.2) is 0 Å². The van der Waals surface area contributed by atoms with Gasteiger partial charge in [-0.1, -0.05) is 43.3 Å². The summed E-state index contributed by atoms with van der Waals surface area (Å²) in [5, 5.41) is 18.9. The number of aryl methyl sites for hydroxylation is 1. The number of carbonyl (C=O) groups is 1. The number of nitro benzene ring substituents is 1. The number of non-ortho nitro benzene ring substituents is 1. The lowest BCUT2D eigenvalue weighted by molar-refractivity contribution is -0.384. The van der Waals surface area contributed by atoms with Gasteiger partial charge in [-0.15, -0.1) is 11.3 Å². The maximum atomic E-state index is 12.4. The van der Waals surface area contributed by atoms with Gasteiger partial charge in [0.2, 0.25) is 5.91 Å². The van der Waals surface area contributed by atoms with E-state index >= 15 is 0 Å². The van der Waals surface area contributed by atoms with E-state index < -0.39 is 4.92 Å². The van der Waals surface area contributed by atoms with Crippen LogP contribution >= 0.6 is 11.3 Å². The van der Waals surface area contributed by atoms with Crippen LogP contribution in [0.15, 0.2) is 66.0 Å².